The zero-order chi connectivity index (χ0) is 41.3. The summed E-state index contributed by atoms with van der Waals surface area (Å²) in [4.78, 5) is 24.0. The Hall–Kier alpha value is -2.64. The van der Waals surface area contributed by atoms with Gasteiger partial charge in [-0.1, -0.05) is 81.9 Å². The Kier molecular flexibility index (Phi) is 26.3. The standard InChI is InChI=1S/C44H74O11/c1-30(17-12-8-7-9-14-19-35(45)25-31(2)23-24-43(51)52)26-42-34(5)39(48)27-36(46)20-16-22-37(54-6)21-15-11-10-13-18-32(3)38(47)28-40(49)33(4)41(50)29-44(53)55-42/h7-11,13-15,26,31-42,45-50H,12,16-25,27-29H2,1-6H3,(H,51,52)/b8-7+,13-10?,14-9+,15-11?,30-26+. The monoisotopic (exact) mass is 779 g/mol. The van der Waals surface area contributed by atoms with Gasteiger partial charge in [0, 0.05) is 25.4 Å². The lowest BCUT2D eigenvalue weighted by atomic mass is 9.88. The summed E-state index contributed by atoms with van der Waals surface area (Å²) >= 11 is 0. The average Bonchev–Trinajstić information content (AvgIpc) is 3.12. The highest BCUT2D eigenvalue weighted by atomic mass is 16.5. The highest BCUT2D eigenvalue weighted by Crippen LogP contribution is 2.25. The Morgan fingerprint density at radius 3 is 2.24 bits per heavy atom. The van der Waals surface area contributed by atoms with E-state index in [9.17, 15) is 40.2 Å². The molecule has 1 heterocycles. The summed E-state index contributed by atoms with van der Waals surface area (Å²) in [7, 11) is 1.67. The van der Waals surface area contributed by atoms with Crippen LogP contribution in [-0.2, 0) is 19.1 Å². The number of cyclic esters (lactones) is 1. The third-order valence-corrected chi connectivity index (χ3v) is 10.8. The third kappa shape index (κ3) is 23.3. The molecule has 0 aromatic heterocycles. The van der Waals surface area contributed by atoms with Crippen LogP contribution in [-0.4, -0.2) is 104 Å². The van der Waals surface area contributed by atoms with E-state index in [0.717, 1.165) is 12.0 Å². The van der Waals surface area contributed by atoms with Gasteiger partial charge in [-0.3, -0.25) is 9.59 Å². The van der Waals surface area contributed by atoms with E-state index in [1.165, 1.54) is 0 Å². The maximum absolute atomic E-state index is 13.2. The van der Waals surface area contributed by atoms with Gasteiger partial charge >= 0.3 is 11.9 Å². The molecule has 0 amide bonds. The molecule has 316 valence electrons. The van der Waals surface area contributed by atoms with Crippen molar-refractivity contribution >= 4 is 11.9 Å². The van der Waals surface area contributed by atoms with E-state index in [1.54, 1.807) is 27.0 Å². The van der Waals surface area contributed by atoms with E-state index in [2.05, 4.69) is 0 Å². The van der Waals surface area contributed by atoms with Crippen molar-refractivity contribution in [2.45, 2.75) is 173 Å². The molecule has 12 unspecified atom stereocenters. The van der Waals surface area contributed by atoms with Crippen LogP contribution in [0.3, 0.4) is 0 Å². The molecule has 12 atom stereocenters. The lowest BCUT2D eigenvalue weighted by Crippen LogP contribution is -2.37. The number of aliphatic hydroxyl groups is 6. The predicted octanol–water partition coefficient (Wildman–Crippen LogP) is 6.35. The van der Waals surface area contributed by atoms with E-state index >= 15 is 0 Å². The fraction of sp³-hybridized carbons (Fsp3) is 0.727. The third-order valence-electron chi connectivity index (χ3n) is 10.8. The number of carbonyl (C=O) groups excluding carboxylic acids is 1. The molecule has 1 aliphatic rings. The summed E-state index contributed by atoms with van der Waals surface area (Å²) in [6.07, 6.45) is 17.0. The van der Waals surface area contributed by atoms with Gasteiger partial charge in [0.1, 0.15) is 6.10 Å². The van der Waals surface area contributed by atoms with Gasteiger partial charge in [-0.15, -0.1) is 0 Å². The molecule has 0 aromatic rings. The number of hydrogen-bond donors (Lipinski definition) is 7. The van der Waals surface area contributed by atoms with E-state index in [4.69, 9.17) is 14.6 Å². The molecular weight excluding hydrogens is 704 g/mol. The van der Waals surface area contributed by atoms with E-state index in [-0.39, 0.29) is 43.6 Å². The first kappa shape index (κ1) is 50.4. The molecule has 0 saturated heterocycles. The quantitative estimate of drug-likeness (QED) is 0.0626. The smallest absolute Gasteiger partial charge is 0.309 e. The van der Waals surface area contributed by atoms with Gasteiger partial charge in [0.25, 0.3) is 0 Å². The summed E-state index contributed by atoms with van der Waals surface area (Å²) in [6, 6.07) is 0. The fourth-order valence-corrected chi connectivity index (χ4v) is 6.59. The molecule has 0 radical (unpaired) electrons. The molecular formula is C44H74O11. The number of carbonyl (C=O) groups is 2. The van der Waals surface area contributed by atoms with Crippen LogP contribution in [0.1, 0.15) is 125 Å². The largest absolute Gasteiger partial charge is 0.481 e. The second-order valence-corrected chi connectivity index (χ2v) is 15.9. The molecule has 0 saturated carbocycles. The summed E-state index contributed by atoms with van der Waals surface area (Å²) in [5.74, 6) is -2.81. The summed E-state index contributed by atoms with van der Waals surface area (Å²) in [5.41, 5.74) is 0.923. The van der Waals surface area contributed by atoms with Crippen LogP contribution in [0.5, 0.6) is 0 Å². The van der Waals surface area contributed by atoms with Gasteiger partial charge in [0.05, 0.1) is 49.1 Å². The van der Waals surface area contributed by atoms with Crippen molar-refractivity contribution in [1.82, 2.24) is 0 Å². The number of carboxylic acid groups (broad SMARTS) is 1. The first-order chi connectivity index (χ1) is 26.0. The highest BCUT2D eigenvalue weighted by Gasteiger charge is 2.32. The Labute approximate surface area is 330 Å². The molecule has 1 rings (SSSR count). The molecule has 0 fully saturated rings. The van der Waals surface area contributed by atoms with Gasteiger partial charge in [0.2, 0.25) is 0 Å². The number of aliphatic hydroxyl groups excluding tert-OH is 6. The van der Waals surface area contributed by atoms with E-state index in [1.807, 2.05) is 69.4 Å². The maximum Gasteiger partial charge on any atom is 0.309 e. The van der Waals surface area contributed by atoms with E-state index in [0.29, 0.717) is 57.8 Å². The zero-order valence-electron chi connectivity index (χ0n) is 34.3. The SMILES string of the molecule is COC1CC=CC=CCC(C)C(O)CC(O)C(C)C(O)CC(=O)OC(/C=C(\C)CC/C=C/C=C/CC(O)CC(C)CCC(=O)O)C(C)C(O)CC(O)CCC1. The number of hydrogen-bond acceptors (Lipinski definition) is 10. The van der Waals surface area contributed by atoms with Crippen molar-refractivity contribution < 1.29 is 54.8 Å². The van der Waals surface area contributed by atoms with E-state index < -0.39 is 66.5 Å². The van der Waals surface area contributed by atoms with Crippen molar-refractivity contribution in [3.8, 4) is 0 Å². The average molecular weight is 779 g/mol. The first-order valence-corrected chi connectivity index (χ1v) is 20.4. The number of methoxy groups -OCH3 is 1. The lowest BCUT2D eigenvalue weighted by molar-refractivity contribution is -0.154. The molecule has 55 heavy (non-hydrogen) atoms. The molecule has 11 nitrogen and oxygen atoms in total. The van der Waals surface area contributed by atoms with Gasteiger partial charge in [-0.25, -0.2) is 0 Å². The van der Waals surface area contributed by atoms with Crippen LogP contribution in [0.2, 0.25) is 0 Å². The Morgan fingerprint density at radius 2 is 1.56 bits per heavy atom. The van der Waals surface area contributed by atoms with Crippen molar-refractivity contribution in [2.75, 3.05) is 7.11 Å². The van der Waals surface area contributed by atoms with Crippen LogP contribution in [0.15, 0.2) is 60.3 Å². The molecule has 0 spiro atoms. The van der Waals surface area contributed by atoms with Gasteiger partial charge < -0.3 is 45.2 Å². The lowest BCUT2D eigenvalue weighted by Gasteiger charge is -2.29. The minimum absolute atomic E-state index is 0.0153. The predicted molar refractivity (Wildman–Crippen MR) is 216 cm³/mol. The van der Waals surface area contributed by atoms with Crippen molar-refractivity contribution in [3.63, 3.8) is 0 Å². The highest BCUT2D eigenvalue weighted by molar-refractivity contribution is 5.70. The normalized spacial score (nSPS) is 31.9. The number of esters is 1. The Balaban J connectivity index is 3.02. The van der Waals surface area contributed by atoms with Crippen LogP contribution in [0.25, 0.3) is 0 Å². The summed E-state index contributed by atoms with van der Waals surface area (Å²) < 4.78 is 11.5. The summed E-state index contributed by atoms with van der Waals surface area (Å²) in [6.45, 7) is 9.15. The molecule has 0 bridgehead atoms. The fourth-order valence-electron chi connectivity index (χ4n) is 6.59. The Bertz CT molecular complexity index is 1210. The number of carboxylic acids is 1. The second kappa shape index (κ2) is 28.7. The number of aliphatic carboxylic acids is 1. The van der Waals surface area contributed by atoms with Crippen LogP contribution in [0, 0.1) is 23.7 Å². The Morgan fingerprint density at radius 1 is 0.909 bits per heavy atom. The minimum Gasteiger partial charge on any atom is -0.481 e. The van der Waals surface area contributed by atoms with Crippen molar-refractivity contribution in [2.24, 2.45) is 23.7 Å². The van der Waals surface area contributed by atoms with Crippen molar-refractivity contribution in [3.05, 3.63) is 60.3 Å². The van der Waals surface area contributed by atoms with Gasteiger partial charge in [-0.2, -0.15) is 0 Å². The van der Waals surface area contributed by atoms with Gasteiger partial charge in [0.15, 0.2) is 0 Å². The second-order valence-electron chi connectivity index (χ2n) is 15.9. The number of ether oxygens (including phenoxy) is 2. The zero-order valence-corrected chi connectivity index (χ0v) is 34.3. The van der Waals surface area contributed by atoms with Crippen molar-refractivity contribution in [1.29, 1.82) is 0 Å². The minimum atomic E-state index is -1.22. The maximum atomic E-state index is 13.2. The number of rotatable bonds is 13. The van der Waals surface area contributed by atoms with Crippen LogP contribution in [0.4, 0.5) is 0 Å². The summed E-state index contributed by atoms with van der Waals surface area (Å²) in [5, 5.41) is 73.6. The molecule has 11 heteroatoms. The molecule has 7 N–H and O–H groups in total. The molecule has 1 aliphatic heterocycles. The van der Waals surface area contributed by atoms with Crippen LogP contribution < -0.4 is 0 Å². The first-order valence-electron chi connectivity index (χ1n) is 20.4. The molecule has 0 aromatic carbocycles. The van der Waals surface area contributed by atoms with Gasteiger partial charge in [-0.05, 0) is 102 Å². The molecule has 0 aliphatic carbocycles. The number of allylic oxidation sites excluding steroid dienone is 7. The van der Waals surface area contributed by atoms with Crippen LogP contribution >= 0.6 is 0 Å². The topological polar surface area (TPSA) is 194 Å².